The van der Waals surface area contributed by atoms with E-state index >= 15 is 0 Å². The molecule has 6 nitrogen and oxygen atoms in total. The lowest BCUT2D eigenvalue weighted by Gasteiger charge is -2.10. The fourth-order valence-corrected chi connectivity index (χ4v) is 2.21. The maximum Gasteiger partial charge on any atom is 0.374 e. The summed E-state index contributed by atoms with van der Waals surface area (Å²) in [7, 11) is 7.24. The largest absolute Gasteiger partial charge is 0.566 e. The van der Waals surface area contributed by atoms with Crippen molar-refractivity contribution in [3.05, 3.63) is 34.0 Å². The topological polar surface area (TPSA) is 76.9 Å². The molecule has 0 saturated heterocycles. The van der Waals surface area contributed by atoms with Crippen molar-refractivity contribution >= 4 is 19.4 Å². The summed E-state index contributed by atoms with van der Waals surface area (Å²) >= 11 is 0. The Kier molecular flexibility index (Phi) is 3.89. The van der Waals surface area contributed by atoms with E-state index < -0.39 is 0 Å². The third-order valence-electron chi connectivity index (χ3n) is 3.59. The summed E-state index contributed by atoms with van der Waals surface area (Å²) in [6, 6.07) is 2.10. The second-order valence-electron chi connectivity index (χ2n) is 4.82. The van der Waals surface area contributed by atoms with E-state index in [-0.39, 0.29) is 11.3 Å². The molecule has 2 heterocycles. The van der Waals surface area contributed by atoms with Crippen molar-refractivity contribution in [2.75, 3.05) is 0 Å². The molecule has 2 radical (unpaired) electrons. The first-order valence-corrected chi connectivity index (χ1v) is 6.37. The van der Waals surface area contributed by atoms with Gasteiger partial charge in [-0.3, -0.25) is 4.68 Å². The summed E-state index contributed by atoms with van der Waals surface area (Å²) < 4.78 is 11.8. The van der Waals surface area contributed by atoms with Crippen LogP contribution in [0.25, 0.3) is 11.3 Å². The molecule has 0 aromatic carbocycles. The highest BCUT2D eigenvalue weighted by Gasteiger charge is 2.23. The lowest BCUT2D eigenvalue weighted by atomic mass is 10.0. The van der Waals surface area contributed by atoms with Crippen LogP contribution in [0.1, 0.15) is 34.0 Å². The van der Waals surface area contributed by atoms with Crippen LogP contribution < -0.4 is 0 Å². The van der Waals surface area contributed by atoms with E-state index in [2.05, 4.69) is 16.3 Å². The average Bonchev–Trinajstić information content (AvgIpc) is 2.90. The highest BCUT2D eigenvalue weighted by molar-refractivity contribution is 6.06. The molecular formula is C14H15BN4O2. The minimum absolute atomic E-state index is 0.228. The standard InChI is InChI=1S/C14H15BN4O2/c1-7-10(4)21-18-13(7)11(6-16)14(20-15)12-8(2)17-19(5)9(12)3/h1-5H3. The molecule has 0 spiro atoms. The number of aromatic nitrogens is 3. The number of allylic oxidation sites excluding steroid dienone is 1. The van der Waals surface area contributed by atoms with Crippen molar-refractivity contribution in [2.24, 2.45) is 7.05 Å². The summed E-state index contributed by atoms with van der Waals surface area (Å²) in [6.07, 6.45) is 0. The first-order chi connectivity index (χ1) is 9.92. The van der Waals surface area contributed by atoms with Crippen LogP contribution in [0.4, 0.5) is 0 Å². The Bertz CT molecular complexity index is 765. The Labute approximate surface area is 124 Å². The molecule has 2 aromatic heterocycles. The maximum atomic E-state index is 9.51. The van der Waals surface area contributed by atoms with Gasteiger partial charge in [-0.1, -0.05) is 5.16 Å². The molecule has 0 amide bonds. The average molecular weight is 282 g/mol. The van der Waals surface area contributed by atoms with E-state index in [4.69, 9.17) is 17.2 Å². The second-order valence-corrected chi connectivity index (χ2v) is 4.82. The molecule has 0 fully saturated rings. The Morgan fingerprint density at radius 1 is 1.33 bits per heavy atom. The molecule has 0 aliphatic heterocycles. The van der Waals surface area contributed by atoms with Gasteiger partial charge in [-0.2, -0.15) is 10.4 Å². The van der Waals surface area contributed by atoms with Crippen LogP contribution in [0.5, 0.6) is 0 Å². The minimum Gasteiger partial charge on any atom is -0.566 e. The van der Waals surface area contributed by atoms with Gasteiger partial charge < -0.3 is 9.18 Å². The minimum atomic E-state index is 0.228. The highest BCUT2D eigenvalue weighted by atomic mass is 16.5. The Morgan fingerprint density at radius 3 is 2.38 bits per heavy atom. The molecule has 2 rings (SSSR count). The third kappa shape index (κ3) is 2.33. The normalized spacial score (nSPS) is 12.0. The molecule has 0 atom stereocenters. The number of hydrogen-bond acceptors (Lipinski definition) is 5. The number of nitrogens with zero attached hydrogens (tertiary/aromatic N) is 4. The highest BCUT2D eigenvalue weighted by Crippen LogP contribution is 2.31. The first kappa shape index (κ1) is 14.9. The molecular weight excluding hydrogens is 267 g/mol. The SMILES string of the molecule is [B]OC(=C(C#N)c1noc(C)c1C)c1c(C)nn(C)c1C. The van der Waals surface area contributed by atoms with Crippen molar-refractivity contribution in [3.63, 3.8) is 0 Å². The van der Waals surface area contributed by atoms with Crippen molar-refractivity contribution in [3.8, 4) is 6.07 Å². The lowest BCUT2D eigenvalue weighted by Crippen LogP contribution is -1.99. The molecule has 0 saturated carbocycles. The Hall–Kier alpha value is -2.49. The van der Waals surface area contributed by atoms with Gasteiger partial charge in [-0.15, -0.1) is 0 Å². The van der Waals surface area contributed by atoms with Crippen molar-refractivity contribution in [2.45, 2.75) is 27.7 Å². The zero-order valence-electron chi connectivity index (χ0n) is 12.7. The van der Waals surface area contributed by atoms with Crippen LogP contribution in [-0.4, -0.2) is 23.0 Å². The van der Waals surface area contributed by atoms with Gasteiger partial charge in [0.1, 0.15) is 28.9 Å². The zero-order valence-corrected chi connectivity index (χ0v) is 12.7. The molecule has 0 aliphatic carbocycles. The van der Waals surface area contributed by atoms with Gasteiger partial charge in [0.2, 0.25) is 0 Å². The van der Waals surface area contributed by atoms with Gasteiger partial charge >= 0.3 is 8.05 Å². The molecule has 106 valence electrons. The summed E-state index contributed by atoms with van der Waals surface area (Å²) in [5.74, 6) is 0.894. The molecule has 0 aliphatic rings. The molecule has 21 heavy (non-hydrogen) atoms. The number of nitriles is 1. The Balaban J connectivity index is 2.77. The van der Waals surface area contributed by atoms with E-state index in [1.54, 1.807) is 11.6 Å². The number of aryl methyl sites for hydroxylation is 3. The van der Waals surface area contributed by atoms with Crippen LogP contribution in [0, 0.1) is 39.0 Å². The smallest absolute Gasteiger partial charge is 0.374 e. The number of hydrogen-bond donors (Lipinski definition) is 0. The summed E-state index contributed by atoms with van der Waals surface area (Å²) in [6.45, 7) is 7.32. The van der Waals surface area contributed by atoms with Crippen LogP contribution in [0.3, 0.4) is 0 Å². The van der Waals surface area contributed by atoms with Gasteiger partial charge in [0.05, 0.1) is 11.3 Å². The lowest BCUT2D eigenvalue weighted by molar-refractivity contribution is 0.395. The fourth-order valence-electron chi connectivity index (χ4n) is 2.21. The van der Waals surface area contributed by atoms with Crippen LogP contribution in [0.15, 0.2) is 4.52 Å². The van der Waals surface area contributed by atoms with E-state index in [1.165, 1.54) is 0 Å². The zero-order chi connectivity index (χ0) is 15.7. The van der Waals surface area contributed by atoms with Gasteiger partial charge in [0.25, 0.3) is 0 Å². The predicted molar refractivity (Wildman–Crippen MR) is 77.9 cm³/mol. The van der Waals surface area contributed by atoms with E-state index in [0.717, 1.165) is 17.0 Å². The van der Waals surface area contributed by atoms with Crippen molar-refractivity contribution in [1.82, 2.24) is 14.9 Å². The van der Waals surface area contributed by atoms with Gasteiger partial charge in [-0.05, 0) is 27.7 Å². The van der Waals surface area contributed by atoms with Crippen molar-refractivity contribution < 1.29 is 9.18 Å². The summed E-state index contributed by atoms with van der Waals surface area (Å²) in [5.41, 5.74) is 3.70. The van der Waals surface area contributed by atoms with E-state index in [0.29, 0.717) is 17.0 Å². The monoisotopic (exact) mass is 282 g/mol. The Morgan fingerprint density at radius 2 is 2.00 bits per heavy atom. The predicted octanol–water partition coefficient (Wildman–Crippen LogP) is 2.13. The summed E-state index contributed by atoms with van der Waals surface area (Å²) in [5, 5.41) is 17.8. The molecule has 0 N–H and O–H groups in total. The van der Waals surface area contributed by atoms with Crippen molar-refractivity contribution in [1.29, 1.82) is 5.26 Å². The van der Waals surface area contributed by atoms with Gasteiger partial charge in [0, 0.05) is 18.3 Å². The number of rotatable bonds is 3. The molecule has 2 aromatic rings. The third-order valence-corrected chi connectivity index (χ3v) is 3.59. The molecule has 0 bridgehead atoms. The van der Waals surface area contributed by atoms with Crippen LogP contribution in [-0.2, 0) is 11.7 Å². The second kappa shape index (κ2) is 5.48. The molecule has 0 unspecified atom stereocenters. The van der Waals surface area contributed by atoms with Crippen LogP contribution >= 0.6 is 0 Å². The summed E-state index contributed by atoms with van der Waals surface area (Å²) in [4.78, 5) is 0. The first-order valence-electron chi connectivity index (χ1n) is 6.37. The van der Waals surface area contributed by atoms with E-state index in [9.17, 15) is 5.26 Å². The van der Waals surface area contributed by atoms with Gasteiger partial charge in [-0.25, -0.2) is 0 Å². The quantitative estimate of drug-likeness (QED) is 0.489. The van der Waals surface area contributed by atoms with Crippen LogP contribution in [0.2, 0.25) is 0 Å². The maximum absolute atomic E-state index is 9.51. The van der Waals surface area contributed by atoms with Gasteiger partial charge in [0.15, 0.2) is 0 Å². The fraction of sp³-hybridized carbons (Fsp3) is 0.357. The van der Waals surface area contributed by atoms with E-state index in [1.807, 2.05) is 27.8 Å². The molecule has 7 heteroatoms.